The molecule has 1 fully saturated rings. The SMILES string of the molecule is COc1cc(Cl)c(C)cc1NC(=O)C(CC(C)C)N1C(=O)C2CC=CCC2C1=O. The van der Waals surface area contributed by atoms with Gasteiger partial charge in [0, 0.05) is 11.1 Å². The Balaban J connectivity index is 1.90. The smallest absolute Gasteiger partial charge is 0.247 e. The summed E-state index contributed by atoms with van der Waals surface area (Å²) in [5.41, 5.74) is 1.25. The van der Waals surface area contributed by atoms with Gasteiger partial charge in [0.1, 0.15) is 11.8 Å². The minimum atomic E-state index is -0.860. The van der Waals surface area contributed by atoms with E-state index in [2.05, 4.69) is 5.32 Å². The van der Waals surface area contributed by atoms with Gasteiger partial charge >= 0.3 is 0 Å². The summed E-state index contributed by atoms with van der Waals surface area (Å²) in [6.45, 7) is 5.76. The number of aryl methyl sites for hydroxylation is 1. The van der Waals surface area contributed by atoms with E-state index in [-0.39, 0.29) is 29.6 Å². The monoisotopic (exact) mass is 418 g/mol. The molecule has 0 radical (unpaired) electrons. The Morgan fingerprint density at radius 3 is 2.31 bits per heavy atom. The van der Waals surface area contributed by atoms with E-state index in [9.17, 15) is 14.4 Å². The van der Waals surface area contributed by atoms with E-state index in [0.717, 1.165) is 5.56 Å². The number of hydrogen-bond acceptors (Lipinski definition) is 4. The molecule has 1 aliphatic heterocycles. The van der Waals surface area contributed by atoms with Crippen molar-refractivity contribution in [1.82, 2.24) is 4.90 Å². The van der Waals surface area contributed by atoms with Crippen LogP contribution in [0.1, 0.15) is 38.7 Å². The highest BCUT2D eigenvalue weighted by atomic mass is 35.5. The molecule has 1 heterocycles. The van der Waals surface area contributed by atoms with Crippen LogP contribution in [0.2, 0.25) is 5.02 Å². The summed E-state index contributed by atoms with van der Waals surface area (Å²) < 4.78 is 5.33. The molecule has 3 atom stereocenters. The first-order chi connectivity index (χ1) is 13.7. The molecule has 1 saturated heterocycles. The van der Waals surface area contributed by atoms with Gasteiger partial charge in [0.15, 0.2) is 0 Å². The third-order valence-electron chi connectivity index (χ3n) is 5.59. The first-order valence-electron chi connectivity index (χ1n) is 9.91. The number of hydrogen-bond donors (Lipinski definition) is 1. The Kier molecular flexibility index (Phi) is 6.32. The molecular weight excluding hydrogens is 392 g/mol. The van der Waals surface area contributed by atoms with Crippen LogP contribution in [0.25, 0.3) is 0 Å². The predicted octanol–water partition coefficient (Wildman–Crippen LogP) is 3.96. The zero-order valence-electron chi connectivity index (χ0n) is 17.2. The maximum absolute atomic E-state index is 13.2. The van der Waals surface area contributed by atoms with Gasteiger partial charge in [-0.15, -0.1) is 0 Å². The number of nitrogens with one attached hydrogen (secondary N) is 1. The molecule has 29 heavy (non-hydrogen) atoms. The molecule has 1 aromatic carbocycles. The normalized spacial score (nSPS) is 22.1. The van der Waals surface area contributed by atoms with E-state index in [1.54, 1.807) is 12.1 Å². The number of carbonyl (C=O) groups is 3. The highest BCUT2D eigenvalue weighted by Gasteiger charge is 2.51. The molecule has 3 amide bonds. The number of nitrogens with zero attached hydrogens (tertiary/aromatic N) is 1. The number of halogens is 1. The summed E-state index contributed by atoms with van der Waals surface area (Å²) >= 11 is 6.15. The Bertz CT molecular complexity index is 839. The zero-order chi connectivity index (χ0) is 21.3. The van der Waals surface area contributed by atoms with Crippen molar-refractivity contribution in [2.24, 2.45) is 17.8 Å². The van der Waals surface area contributed by atoms with Crippen LogP contribution in [0.4, 0.5) is 5.69 Å². The fourth-order valence-electron chi connectivity index (χ4n) is 4.06. The summed E-state index contributed by atoms with van der Waals surface area (Å²) in [5.74, 6) is -1.06. The van der Waals surface area contributed by atoms with Crippen molar-refractivity contribution in [3.8, 4) is 5.75 Å². The quantitative estimate of drug-likeness (QED) is 0.560. The molecule has 2 aliphatic rings. The second-order valence-corrected chi connectivity index (χ2v) is 8.55. The Morgan fingerprint density at radius 1 is 1.21 bits per heavy atom. The predicted molar refractivity (Wildman–Crippen MR) is 112 cm³/mol. The molecule has 0 saturated carbocycles. The first-order valence-corrected chi connectivity index (χ1v) is 10.3. The molecule has 3 rings (SSSR count). The lowest BCUT2D eigenvalue weighted by molar-refractivity contribution is -0.147. The van der Waals surface area contributed by atoms with Crippen molar-refractivity contribution < 1.29 is 19.1 Å². The molecule has 1 aliphatic carbocycles. The lowest BCUT2D eigenvalue weighted by atomic mass is 9.85. The van der Waals surface area contributed by atoms with Gasteiger partial charge < -0.3 is 10.1 Å². The van der Waals surface area contributed by atoms with Crippen molar-refractivity contribution in [1.29, 1.82) is 0 Å². The van der Waals surface area contributed by atoms with Gasteiger partial charge in [-0.2, -0.15) is 0 Å². The number of amides is 3. The maximum atomic E-state index is 13.2. The molecule has 156 valence electrons. The summed E-state index contributed by atoms with van der Waals surface area (Å²) in [4.78, 5) is 40.4. The van der Waals surface area contributed by atoms with E-state index in [1.165, 1.54) is 12.0 Å². The molecule has 1 N–H and O–H groups in total. The third kappa shape index (κ3) is 4.17. The van der Waals surface area contributed by atoms with Crippen molar-refractivity contribution in [2.45, 2.75) is 46.1 Å². The fourth-order valence-corrected chi connectivity index (χ4v) is 4.21. The number of carbonyl (C=O) groups excluding carboxylic acids is 3. The Morgan fingerprint density at radius 2 is 1.79 bits per heavy atom. The van der Waals surface area contributed by atoms with Crippen molar-refractivity contribution in [2.75, 3.05) is 12.4 Å². The van der Waals surface area contributed by atoms with E-state index in [1.807, 2.05) is 32.9 Å². The van der Waals surface area contributed by atoms with Crippen LogP contribution in [-0.4, -0.2) is 35.8 Å². The van der Waals surface area contributed by atoms with Crippen molar-refractivity contribution in [3.05, 3.63) is 34.9 Å². The third-order valence-corrected chi connectivity index (χ3v) is 6.00. The second kappa shape index (κ2) is 8.57. The molecule has 0 spiro atoms. The van der Waals surface area contributed by atoms with Crippen LogP contribution in [-0.2, 0) is 14.4 Å². The summed E-state index contributed by atoms with van der Waals surface area (Å²) in [6.07, 6.45) is 5.37. The van der Waals surface area contributed by atoms with Crippen LogP contribution in [0.15, 0.2) is 24.3 Å². The molecule has 6 nitrogen and oxygen atoms in total. The van der Waals surface area contributed by atoms with Crippen LogP contribution in [0.3, 0.4) is 0 Å². The van der Waals surface area contributed by atoms with E-state index in [4.69, 9.17) is 16.3 Å². The Labute approximate surface area is 176 Å². The van der Waals surface area contributed by atoms with Crippen LogP contribution < -0.4 is 10.1 Å². The number of imide groups is 1. The van der Waals surface area contributed by atoms with Crippen LogP contribution in [0, 0.1) is 24.7 Å². The molecule has 0 aromatic heterocycles. The molecule has 3 unspecified atom stereocenters. The van der Waals surface area contributed by atoms with Crippen molar-refractivity contribution >= 4 is 35.0 Å². The average molecular weight is 419 g/mol. The summed E-state index contributed by atoms with van der Waals surface area (Å²) in [6, 6.07) is 2.50. The lowest BCUT2D eigenvalue weighted by Gasteiger charge is -2.27. The van der Waals surface area contributed by atoms with Crippen molar-refractivity contribution in [3.63, 3.8) is 0 Å². The lowest BCUT2D eigenvalue weighted by Crippen LogP contribution is -2.48. The number of likely N-dealkylation sites (tertiary alicyclic amines) is 1. The topological polar surface area (TPSA) is 75.7 Å². The molecule has 7 heteroatoms. The zero-order valence-corrected chi connectivity index (χ0v) is 18.0. The number of fused-ring (bicyclic) bond motifs is 1. The summed E-state index contributed by atoms with van der Waals surface area (Å²) in [5, 5.41) is 3.38. The Hall–Kier alpha value is -2.34. The minimum Gasteiger partial charge on any atom is -0.495 e. The van der Waals surface area contributed by atoms with E-state index < -0.39 is 11.9 Å². The maximum Gasteiger partial charge on any atom is 0.247 e. The van der Waals surface area contributed by atoms with Gasteiger partial charge in [0.2, 0.25) is 17.7 Å². The highest BCUT2D eigenvalue weighted by Crippen LogP contribution is 2.38. The number of benzene rings is 1. The van der Waals surface area contributed by atoms with Gasteiger partial charge in [0.05, 0.1) is 24.6 Å². The average Bonchev–Trinajstić information content (AvgIpc) is 2.93. The van der Waals surface area contributed by atoms with Crippen LogP contribution in [0.5, 0.6) is 5.75 Å². The molecule has 1 aromatic rings. The largest absolute Gasteiger partial charge is 0.495 e. The number of anilines is 1. The van der Waals surface area contributed by atoms with E-state index >= 15 is 0 Å². The standard InChI is InChI=1S/C22H27ClN2O4/c1-12(2)9-18(25-21(27)14-7-5-6-8-15(14)22(25)28)20(26)24-17-10-13(3)16(23)11-19(17)29-4/h5-6,10-12,14-15,18H,7-9H2,1-4H3,(H,24,26). The minimum absolute atomic E-state index is 0.126. The number of methoxy groups -OCH3 is 1. The van der Waals surface area contributed by atoms with E-state index in [0.29, 0.717) is 35.7 Å². The first kappa shape index (κ1) is 21.4. The molecule has 0 bridgehead atoms. The number of allylic oxidation sites excluding steroid dienone is 2. The fraction of sp³-hybridized carbons (Fsp3) is 0.500. The summed E-state index contributed by atoms with van der Waals surface area (Å²) in [7, 11) is 1.49. The molecular formula is C22H27ClN2O4. The van der Waals surface area contributed by atoms with Gasteiger partial charge in [-0.3, -0.25) is 19.3 Å². The highest BCUT2D eigenvalue weighted by molar-refractivity contribution is 6.31. The van der Waals surface area contributed by atoms with Gasteiger partial charge in [-0.05, 0) is 43.7 Å². The second-order valence-electron chi connectivity index (χ2n) is 8.14. The van der Waals surface area contributed by atoms with Gasteiger partial charge in [-0.25, -0.2) is 0 Å². The van der Waals surface area contributed by atoms with Gasteiger partial charge in [0.25, 0.3) is 0 Å². The number of rotatable bonds is 6. The number of ether oxygens (including phenoxy) is 1. The van der Waals surface area contributed by atoms with Gasteiger partial charge in [-0.1, -0.05) is 37.6 Å². The van der Waals surface area contributed by atoms with Crippen LogP contribution >= 0.6 is 11.6 Å².